The summed E-state index contributed by atoms with van der Waals surface area (Å²) in [6, 6.07) is 11.0. The Kier molecular flexibility index (Phi) is 7.64. The van der Waals surface area contributed by atoms with Gasteiger partial charge in [-0.2, -0.15) is 4.98 Å². The smallest absolute Gasteiger partial charge is 0.252 e. The van der Waals surface area contributed by atoms with Crippen molar-refractivity contribution in [2.75, 3.05) is 38.0 Å². The lowest BCUT2D eigenvalue weighted by molar-refractivity contribution is 0.0947. The van der Waals surface area contributed by atoms with E-state index >= 15 is 0 Å². The number of hydrogen-bond donors (Lipinski definition) is 2. The number of anilines is 2. The van der Waals surface area contributed by atoms with Gasteiger partial charge in [0, 0.05) is 50.7 Å². The first kappa shape index (κ1) is 24.3. The van der Waals surface area contributed by atoms with E-state index in [9.17, 15) is 4.79 Å². The van der Waals surface area contributed by atoms with Crippen LogP contribution in [-0.2, 0) is 0 Å². The van der Waals surface area contributed by atoms with Crippen molar-refractivity contribution in [1.29, 1.82) is 0 Å². The van der Waals surface area contributed by atoms with E-state index in [-0.39, 0.29) is 5.91 Å². The quantitative estimate of drug-likeness (QED) is 0.477. The van der Waals surface area contributed by atoms with Gasteiger partial charge in [0.15, 0.2) is 11.5 Å². The molecule has 1 fully saturated rings. The van der Waals surface area contributed by atoms with Crippen molar-refractivity contribution in [3.8, 4) is 17.4 Å². The average molecular weight is 477 g/mol. The first-order chi connectivity index (χ1) is 16.9. The van der Waals surface area contributed by atoms with Crippen molar-refractivity contribution in [2.24, 2.45) is 5.92 Å². The molecule has 1 aliphatic carbocycles. The van der Waals surface area contributed by atoms with Gasteiger partial charge in [0.2, 0.25) is 11.8 Å². The number of benzene rings is 1. The van der Waals surface area contributed by atoms with Gasteiger partial charge >= 0.3 is 0 Å². The number of ether oxygens (including phenoxy) is 2. The maximum atomic E-state index is 12.6. The Bertz CT molecular complexity index is 1150. The maximum absolute atomic E-state index is 12.6. The molecule has 2 heterocycles. The summed E-state index contributed by atoms with van der Waals surface area (Å²) in [6.07, 6.45) is 6.38. The Morgan fingerprint density at radius 2 is 1.89 bits per heavy atom. The van der Waals surface area contributed by atoms with Crippen molar-refractivity contribution < 1.29 is 14.3 Å². The lowest BCUT2D eigenvalue weighted by atomic mass is 10.1. The summed E-state index contributed by atoms with van der Waals surface area (Å²) in [6.45, 7) is 2.62. The van der Waals surface area contributed by atoms with Gasteiger partial charge in [-0.3, -0.25) is 4.79 Å². The third-order valence-electron chi connectivity index (χ3n) is 6.08. The highest BCUT2D eigenvalue weighted by Crippen LogP contribution is 2.30. The minimum Gasteiger partial charge on any atom is -0.493 e. The van der Waals surface area contributed by atoms with Crippen molar-refractivity contribution in [3.05, 3.63) is 59.9 Å². The summed E-state index contributed by atoms with van der Waals surface area (Å²) in [7, 11) is 5.54. The third kappa shape index (κ3) is 6.17. The molecule has 2 atom stereocenters. The van der Waals surface area contributed by atoms with Crippen LogP contribution in [-0.4, -0.2) is 54.7 Å². The van der Waals surface area contributed by atoms with Crippen LogP contribution in [0.2, 0.25) is 0 Å². The zero-order valence-corrected chi connectivity index (χ0v) is 20.6. The van der Waals surface area contributed by atoms with Gasteiger partial charge in [0.05, 0.1) is 12.7 Å². The lowest BCUT2D eigenvalue weighted by Gasteiger charge is -2.18. The van der Waals surface area contributed by atoms with Crippen LogP contribution in [0.3, 0.4) is 0 Å². The van der Waals surface area contributed by atoms with Crippen LogP contribution in [0.5, 0.6) is 17.4 Å². The number of nitrogens with zero attached hydrogens (tertiary/aromatic N) is 4. The van der Waals surface area contributed by atoms with Crippen LogP contribution in [0.15, 0.2) is 48.8 Å². The summed E-state index contributed by atoms with van der Waals surface area (Å²) < 4.78 is 11.1. The second-order valence-electron chi connectivity index (χ2n) is 8.96. The van der Waals surface area contributed by atoms with E-state index in [2.05, 4.69) is 25.6 Å². The number of para-hydroxylation sites is 2. The number of carbonyl (C=O) groups excluding carboxylic acids is 1. The molecular formula is C26H32N6O3. The number of methoxy groups -OCH3 is 1. The topological polar surface area (TPSA) is 102 Å². The molecule has 0 bridgehead atoms. The van der Waals surface area contributed by atoms with E-state index in [0.717, 1.165) is 30.6 Å². The van der Waals surface area contributed by atoms with Gasteiger partial charge in [-0.15, -0.1) is 0 Å². The van der Waals surface area contributed by atoms with Crippen LogP contribution in [0, 0.1) is 12.8 Å². The average Bonchev–Trinajstić information content (AvgIpc) is 3.31. The Balaban J connectivity index is 1.26. The fourth-order valence-electron chi connectivity index (χ4n) is 4.26. The predicted octanol–water partition coefficient (Wildman–Crippen LogP) is 4.06. The highest BCUT2D eigenvalue weighted by atomic mass is 16.5. The maximum Gasteiger partial charge on any atom is 0.252 e. The van der Waals surface area contributed by atoms with Gasteiger partial charge in [0.25, 0.3) is 5.91 Å². The fourth-order valence-corrected chi connectivity index (χ4v) is 4.26. The first-order valence-electron chi connectivity index (χ1n) is 11.8. The normalized spacial score (nSPS) is 17.0. The first-order valence-corrected chi connectivity index (χ1v) is 11.8. The Labute approximate surface area is 205 Å². The van der Waals surface area contributed by atoms with E-state index in [4.69, 9.17) is 9.47 Å². The van der Waals surface area contributed by atoms with E-state index in [1.54, 1.807) is 25.3 Å². The molecule has 3 aromatic rings. The minimum atomic E-state index is -0.143. The zero-order chi connectivity index (χ0) is 24.8. The number of carbonyl (C=O) groups is 1. The van der Waals surface area contributed by atoms with Crippen LogP contribution >= 0.6 is 0 Å². The summed E-state index contributed by atoms with van der Waals surface area (Å²) >= 11 is 0. The molecule has 0 unspecified atom stereocenters. The summed E-state index contributed by atoms with van der Waals surface area (Å²) in [5.74, 6) is 3.40. The standard InChI is InChI=1S/C26H32N6O3/c1-17-14-29-26(31-24(17)32(2)3)30-20-11-9-18(13-20)15-28-25(33)19-10-12-23(27-16-19)35-22-8-6-5-7-21(22)34-4/h5-8,10,12,14,16,18,20H,9,11,13,15H2,1-4H3,(H,28,33)(H,29,30,31)/t18-,20+/m1/s1. The molecule has 2 aromatic heterocycles. The van der Waals surface area contributed by atoms with Crippen LogP contribution in [0.1, 0.15) is 35.2 Å². The van der Waals surface area contributed by atoms with Crippen LogP contribution in [0.4, 0.5) is 11.8 Å². The summed E-state index contributed by atoms with van der Waals surface area (Å²) in [4.78, 5) is 27.9. The molecule has 0 aliphatic heterocycles. The largest absolute Gasteiger partial charge is 0.493 e. The number of amides is 1. The molecule has 9 heteroatoms. The third-order valence-corrected chi connectivity index (χ3v) is 6.08. The molecule has 4 rings (SSSR count). The SMILES string of the molecule is COc1ccccc1Oc1ccc(C(=O)NC[C@@H]2CC[C@H](Nc3ncc(C)c(N(C)C)n3)C2)cn1. The molecule has 1 saturated carbocycles. The van der Waals surface area contributed by atoms with Gasteiger partial charge in [-0.25, -0.2) is 9.97 Å². The second kappa shape index (κ2) is 11.0. The molecule has 35 heavy (non-hydrogen) atoms. The molecular weight excluding hydrogens is 444 g/mol. The van der Waals surface area contributed by atoms with E-state index in [1.807, 2.05) is 50.3 Å². The summed E-state index contributed by atoms with van der Waals surface area (Å²) in [5, 5.41) is 6.49. The van der Waals surface area contributed by atoms with Crippen molar-refractivity contribution in [3.63, 3.8) is 0 Å². The molecule has 0 radical (unpaired) electrons. The van der Waals surface area contributed by atoms with Crippen molar-refractivity contribution >= 4 is 17.7 Å². The highest BCUT2D eigenvalue weighted by Gasteiger charge is 2.26. The molecule has 0 spiro atoms. The molecule has 1 aliphatic rings. The molecule has 1 aromatic carbocycles. The van der Waals surface area contributed by atoms with Gasteiger partial charge in [0.1, 0.15) is 5.82 Å². The van der Waals surface area contributed by atoms with Crippen LogP contribution < -0.4 is 25.0 Å². The number of aryl methyl sites for hydroxylation is 1. The number of nitrogens with one attached hydrogen (secondary N) is 2. The number of rotatable bonds is 9. The molecule has 2 N–H and O–H groups in total. The Morgan fingerprint density at radius 3 is 2.60 bits per heavy atom. The summed E-state index contributed by atoms with van der Waals surface area (Å²) in [5.41, 5.74) is 1.54. The fraction of sp³-hybridized carbons (Fsp3) is 0.385. The van der Waals surface area contributed by atoms with E-state index in [1.165, 1.54) is 6.20 Å². The van der Waals surface area contributed by atoms with E-state index in [0.29, 0.717) is 47.4 Å². The number of pyridine rings is 1. The van der Waals surface area contributed by atoms with Gasteiger partial charge in [-0.05, 0) is 50.3 Å². The van der Waals surface area contributed by atoms with Crippen molar-refractivity contribution in [1.82, 2.24) is 20.3 Å². The second-order valence-corrected chi connectivity index (χ2v) is 8.96. The molecule has 184 valence electrons. The van der Waals surface area contributed by atoms with Crippen LogP contribution in [0.25, 0.3) is 0 Å². The molecule has 0 saturated heterocycles. The molecule has 9 nitrogen and oxygen atoms in total. The van der Waals surface area contributed by atoms with E-state index < -0.39 is 0 Å². The zero-order valence-electron chi connectivity index (χ0n) is 20.6. The minimum absolute atomic E-state index is 0.143. The van der Waals surface area contributed by atoms with Crippen molar-refractivity contribution in [2.45, 2.75) is 32.2 Å². The lowest BCUT2D eigenvalue weighted by Crippen LogP contribution is -2.29. The predicted molar refractivity (Wildman–Crippen MR) is 135 cm³/mol. The number of hydrogen-bond acceptors (Lipinski definition) is 8. The van der Waals surface area contributed by atoms with Gasteiger partial charge in [-0.1, -0.05) is 12.1 Å². The van der Waals surface area contributed by atoms with Gasteiger partial charge < -0.3 is 25.0 Å². The molecule has 1 amide bonds. The monoisotopic (exact) mass is 476 g/mol. The highest BCUT2D eigenvalue weighted by molar-refractivity contribution is 5.93. The Hall–Kier alpha value is -3.88. The Morgan fingerprint density at radius 1 is 1.09 bits per heavy atom. The number of aromatic nitrogens is 3.